The fourth-order valence-corrected chi connectivity index (χ4v) is 5.77. The largest absolute Gasteiger partial charge is 0.337 e. The number of carbonyl (C=O) groups excluding carboxylic acids is 2. The molecule has 1 N–H and O–H groups in total. The van der Waals surface area contributed by atoms with E-state index in [2.05, 4.69) is 10.3 Å². The fraction of sp³-hybridized carbons (Fsp3) is 0.320. The highest BCUT2D eigenvalue weighted by Gasteiger charge is 2.31. The van der Waals surface area contributed by atoms with Gasteiger partial charge in [0.1, 0.15) is 0 Å². The molecule has 10 heteroatoms. The van der Waals surface area contributed by atoms with Crippen LogP contribution in [0.4, 0.5) is 5.69 Å². The minimum Gasteiger partial charge on any atom is -0.337 e. The molecule has 2 amide bonds. The molecule has 0 spiro atoms. The summed E-state index contributed by atoms with van der Waals surface area (Å²) in [5.41, 5.74) is 2.58. The first-order chi connectivity index (χ1) is 16.7. The molecule has 1 saturated heterocycles. The SMILES string of the molecule is Cc1ccc(C)c(S(=O)(=O)N2CCN(C(=O)c3cccc(NC(=O)CCn4ccnc4)c3)CC2)c1. The van der Waals surface area contributed by atoms with Gasteiger partial charge in [-0.05, 0) is 49.2 Å². The fourth-order valence-electron chi connectivity index (χ4n) is 4.04. The van der Waals surface area contributed by atoms with E-state index >= 15 is 0 Å². The van der Waals surface area contributed by atoms with Crippen molar-refractivity contribution in [1.29, 1.82) is 0 Å². The number of amides is 2. The molecule has 2 aromatic carbocycles. The van der Waals surface area contributed by atoms with Crippen molar-refractivity contribution in [2.24, 2.45) is 0 Å². The summed E-state index contributed by atoms with van der Waals surface area (Å²) < 4.78 is 29.6. The summed E-state index contributed by atoms with van der Waals surface area (Å²) in [5, 5.41) is 2.83. The lowest BCUT2D eigenvalue weighted by atomic mass is 10.1. The number of aromatic nitrogens is 2. The average Bonchev–Trinajstić information content (AvgIpc) is 3.38. The third-order valence-corrected chi connectivity index (χ3v) is 8.08. The molecule has 184 valence electrons. The second kappa shape index (κ2) is 10.4. The van der Waals surface area contributed by atoms with Crippen LogP contribution < -0.4 is 5.32 Å². The van der Waals surface area contributed by atoms with Gasteiger partial charge in [-0.25, -0.2) is 13.4 Å². The predicted octanol–water partition coefficient (Wildman–Crippen LogP) is 2.68. The van der Waals surface area contributed by atoms with E-state index in [9.17, 15) is 18.0 Å². The van der Waals surface area contributed by atoms with E-state index in [1.165, 1.54) is 4.31 Å². The second-order valence-corrected chi connectivity index (χ2v) is 10.6. The summed E-state index contributed by atoms with van der Waals surface area (Å²) >= 11 is 0. The number of imidazole rings is 1. The molecule has 1 aliphatic heterocycles. The number of nitrogens with zero attached hydrogens (tertiary/aromatic N) is 4. The maximum atomic E-state index is 13.2. The Hall–Kier alpha value is -3.50. The second-order valence-electron chi connectivity index (χ2n) is 8.64. The van der Waals surface area contributed by atoms with Crippen LogP contribution in [0.2, 0.25) is 0 Å². The molecule has 35 heavy (non-hydrogen) atoms. The van der Waals surface area contributed by atoms with Crippen molar-refractivity contribution in [2.75, 3.05) is 31.5 Å². The van der Waals surface area contributed by atoms with Crippen LogP contribution in [0.15, 0.2) is 66.1 Å². The molecule has 1 aliphatic rings. The van der Waals surface area contributed by atoms with Gasteiger partial charge in [-0.1, -0.05) is 18.2 Å². The highest BCUT2D eigenvalue weighted by molar-refractivity contribution is 7.89. The zero-order chi connectivity index (χ0) is 25.0. The summed E-state index contributed by atoms with van der Waals surface area (Å²) in [6, 6.07) is 12.2. The van der Waals surface area contributed by atoms with Crippen molar-refractivity contribution >= 4 is 27.5 Å². The first-order valence-electron chi connectivity index (χ1n) is 11.5. The number of hydrogen-bond donors (Lipinski definition) is 1. The van der Waals surface area contributed by atoms with Crippen molar-refractivity contribution in [3.63, 3.8) is 0 Å². The number of hydrogen-bond acceptors (Lipinski definition) is 5. The minimum absolute atomic E-state index is 0.159. The maximum absolute atomic E-state index is 13.2. The summed E-state index contributed by atoms with van der Waals surface area (Å²) in [4.78, 5) is 31.3. The summed E-state index contributed by atoms with van der Waals surface area (Å²) in [6.45, 7) is 5.22. The maximum Gasteiger partial charge on any atom is 0.254 e. The van der Waals surface area contributed by atoms with Gasteiger partial charge in [-0.2, -0.15) is 4.31 Å². The topological polar surface area (TPSA) is 105 Å². The molecule has 2 heterocycles. The number of aryl methyl sites for hydroxylation is 3. The molecular formula is C25H29N5O4S. The Bertz CT molecular complexity index is 1310. The van der Waals surface area contributed by atoms with Gasteiger partial charge >= 0.3 is 0 Å². The molecular weight excluding hydrogens is 466 g/mol. The number of benzene rings is 2. The number of piperazine rings is 1. The molecule has 0 aliphatic carbocycles. The van der Waals surface area contributed by atoms with E-state index in [0.29, 0.717) is 41.3 Å². The highest BCUT2D eigenvalue weighted by atomic mass is 32.2. The van der Waals surface area contributed by atoms with Crippen LogP contribution in [0.1, 0.15) is 27.9 Å². The van der Waals surface area contributed by atoms with Gasteiger partial charge in [0.25, 0.3) is 5.91 Å². The van der Waals surface area contributed by atoms with E-state index < -0.39 is 10.0 Å². The van der Waals surface area contributed by atoms with E-state index in [-0.39, 0.29) is 31.3 Å². The molecule has 1 fully saturated rings. The Labute approximate surface area is 205 Å². The summed E-state index contributed by atoms with van der Waals surface area (Å²) in [5.74, 6) is -0.350. The third kappa shape index (κ3) is 5.77. The number of anilines is 1. The van der Waals surface area contributed by atoms with Crippen molar-refractivity contribution < 1.29 is 18.0 Å². The predicted molar refractivity (Wildman–Crippen MR) is 132 cm³/mol. The van der Waals surface area contributed by atoms with Crippen molar-refractivity contribution in [1.82, 2.24) is 18.8 Å². The van der Waals surface area contributed by atoms with Crippen LogP contribution in [0.5, 0.6) is 0 Å². The lowest BCUT2D eigenvalue weighted by Gasteiger charge is -2.34. The molecule has 3 aromatic rings. The van der Waals surface area contributed by atoms with E-state index in [0.717, 1.165) is 5.56 Å². The average molecular weight is 496 g/mol. The van der Waals surface area contributed by atoms with Crippen molar-refractivity contribution in [2.45, 2.75) is 31.7 Å². The van der Waals surface area contributed by atoms with Crippen LogP contribution in [0.25, 0.3) is 0 Å². The molecule has 0 unspecified atom stereocenters. The van der Waals surface area contributed by atoms with Gasteiger partial charge in [-0.15, -0.1) is 0 Å². The number of nitrogens with one attached hydrogen (secondary N) is 1. The molecule has 0 bridgehead atoms. The Morgan fingerprint density at radius 2 is 1.80 bits per heavy atom. The number of carbonyl (C=O) groups is 2. The van der Waals surface area contributed by atoms with Gasteiger partial charge in [0, 0.05) is 62.8 Å². The first-order valence-corrected chi connectivity index (χ1v) is 12.9. The van der Waals surface area contributed by atoms with Gasteiger partial charge in [0.05, 0.1) is 11.2 Å². The normalized spacial score (nSPS) is 14.6. The molecule has 0 atom stereocenters. The molecule has 4 rings (SSSR count). The zero-order valence-corrected chi connectivity index (χ0v) is 20.7. The monoisotopic (exact) mass is 495 g/mol. The van der Waals surface area contributed by atoms with Crippen LogP contribution in [0, 0.1) is 13.8 Å². The van der Waals surface area contributed by atoms with Crippen LogP contribution in [-0.2, 0) is 21.4 Å². The van der Waals surface area contributed by atoms with Crippen LogP contribution in [0.3, 0.4) is 0 Å². The van der Waals surface area contributed by atoms with E-state index in [1.54, 1.807) is 60.9 Å². The molecule has 0 saturated carbocycles. The molecule has 1 aromatic heterocycles. The molecule has 9 nitrogen and oxygen atoms in total. The van der Waals surface area contributed by atoms with Gasteiger partial charge < -0.3 is 14.8 Å². The van der Waals surface area contributed by atoms with E-state index in [1.807, 2.05) is 23.6 Å². The van der Waals surface area contributed by atoms with Gasteiger partial charge in [-0.3, -0.25) is 9.59 Å². The number of rotatable bonds is 7. The van der Waals surface area contributed by atoms with Gasteiger partial charge in [0.2, 0.25) is 15.9 Å². The Morgan fingerprint density at radius 1 is 1.03 bits per heavy atom. The van der Waals surface area contributed by atoms with Crippen LogP contribution >= 0.6 is 0 Å². The Kier molecular flexibility index (Phi) is 7.32. The lowest BCUT2D eigenvalue weighted by Crippen LogP contribution is -2.50. The lowest BCUT2D eigenvalue weighted by molar-refractivity contribution is -0.116. The van der Waals surface area contributed by atoms with Crippen molar-refractivity contribution in [3.8, 4) is 0 Å². The smallest absolute Gasteiger partial charge is 0.254 e. The Balaban J connectivity index is 1.36. The van der Waals surface area contributed by atoms with Crippen LogP contribution in [-0.4, -0.2) is 65.2 Å². The highest BCUT2D eigenvalue weighted by Crippen LogP contribution is 2.23. The quantitative estimate of drug-likeness (QED) is 0.543. The summed E-state index contributed by atoms with van der Waals surface area (Å²) in [6.07, 6.45) is 5.39. The zero-order valence-electron chi connectivity index (χ0n) is 19.8. The van der Waals surface area contributed by atoms with Gasteiger partial charge in [0.15, 0.2) is 0 Å². The number of sulfonamides is 1. The molecule has 0 radical (unpaired) electrons. The third-order valence-electron chi connectivity index (χ3n) is 6.04. The van der Waals surface area contributed by atoms with E-state index in [4.69, 9.17) is 0 Å². The minimum atomic E-state index is -3.63. The summed E-state index contributed by atoms with van der Waals surface area (Å²) in [7, 11) is -3.63. The Morgan fingerprint density at radius 3 is 2.51 bits per heavy atom. The standard InChI is InChI=1S/C25H29N5O4S/c1-19-6-7-20(2)23(16-19)35(33,34)30-14-12-29(13-15-30)25(32)21-4-3-5-22(17-21)27-24(31)8-10-28-11-9-26-18-28/h3-7,9,11,16-18H,8,10,12-15H2,1-2H3,(H,27,31). The first kappa shape index (κ1) is 24.6. The van der Waals surface area contributed by atoms with Crippen molar-refractivity contribution in [3.05, 3.63) is 77.9 Å².